The topological polar surface area (TPSA) is 75.4 Å². The summed E-state index contributed by atoms with van der Waals surface area (Å²) in [5.74, 6) is 1.43. The summed E-state index contributed by atoms with van der Waals surface area (Å²) in [6.07, 6.45) is 1.96. The van der Waals surface area contributed by atoms with Crippen LogP contribution < -0.4 is 5.32 Å². The van der Waals surface area contributed by atoms with Gasteiger partial charge in [-0.3, -0.25) is 9.59 Å². The molecule has 0 radical (unpaired) electrons. The quantitative estimate of drug-likeness (QED) is 0.798. The zero-order chi connectivity index (χ0) is 17.0. The number of nitrogens with one attached hydrogen (secondary N) is 1. The van der Waals surface area contributed by atoms with Gasteiger partial charge in [0.2, 0.25) is 5.91 Å². The molecule has 1 aliphatic rings. The van der Waals surface area contributed by atoms with Crippen LogP contribution in [0, 0.1) is 17.8 Å². The van der Waals surface area contributed by atoms with Gasteiger partial charge in [0.25, 0.3) is 5.91 Å². The van der Waals surface area contributed by atoms with E-state index in [4.69, 9.17) is 4.52 Å². The van der Waals surface area contributed by atoms with Crippen LogP contribution in [-0.4, -0.2) is 35.0 Å². The Hall–Kier alpha value is -1.85. The molecule has 0 spiro atoms. The molecule has 128 valence electrons. The maximum atomic E-state index is 12.3. The summed E-state index contributed by atoms with van der Waals surface area (Å²) < 4.78 is 5.25. The first-order valence-electron chi connectivity index (χ1n) is 8.39. The lowest BCUT2D eigenvalue weighted by Gasteiger charge is -2.23. The van der Waals surface area contributed by atoms with Crippen molar-refractivity contribution in [2.75, 3.05) is 13.1 Å². The molecule has 1 N–H and O–H groups in total. The molecule has 2 amide bonds. The molecular weight excluding hydrogens is 294 g/mol. The maximum Gasteiger partial charge on any atom is 0.273 e. The average molecular weight is 321 g/mol. The number of hydrogen-bond acceptors (Lipinski definition) is 4. The van der Waals surface area contributed by atoms with E-state index < -0.39 is 0 Å². The van der Waals surface area contributed by atoms with E-state index in [0.29, 0.717) is 37.2 Å². The summed E-state index contributed by atoms with van der Waals surface area (Å²) in [6, 6.07) is 1.63. The highest BCUT2D eigenvalue weighted by molar-refractivity contribution is 5.92. The molecule has 6 heteroatoms. The lowest BCUT2D eigenvalue weighted by molar-refractivity contribution is -0.134. The molecule has 2 rings (SSSR count). The van der Waals surface area contributed by atoms with Crippen molar-refractivity contribution in [3.63, 3.8) is 0 Å². The molecule has 0 saturated heterocycles. The van der Waals surface area contributed by atoms with Gasteiger partial charge in [0.1, 0.15) is 0 Å². The Bertz CT molecular complexity index is 547. The molecule has 0 unspecified atom stereocenters. The van der Waals surface area contributed by atoms with Crippen molar-refractivity contribution in [3.05, 3.63) is 17.5 Å². The second-order valence-electron chi connectivity index (χ2n) is 7.17. The Morgan fingerprint density at radius 2 is 2.00 bits per heavy atom. The van der Waals surface area contributed by atoms with Crippen molar-refractivity contribution in [2.24, 2.45) is 17.8 Å². The van der Waals surface area contributed by atoms with Crippen LogP contribution in [0.25, 0.3) is 0 Å². The smallest absolute Gasteiger partial charge is 0.273 e. The van der Waals surface area contributed by atoms with Crippen LogP contribution in [-0.2, 0) is 11.3 Å². The van der Waals surface area contributed by atoms with Gasteiger partial charge in [-0.25, -0.2) is 0 Å². The second-order valence-corrected chi connectivity index (χ2v) is 7.17. The van der Waals surface area contributed by atoms with Gasteiger partial charge in [0.05, 0.1) is 6.54 Å². The summed E-state index contributed by atoms with van der Waals surface area (Å²) in [4.78, 5) is 26.1. The van der Waals surface area contributed by atoms with E-state index in [2.05, 4.69) is 24.3 Å². The van der Waals surface area contributed by atoms with Gasteiger partial charge in [-0.05, 0) is 24.7 Å². The second kappa shape index (κ2) is 7.62. The average Bonchev–Trinajstić information content (AvgIpc) is 3.22. The molecule has 1 aromatic heterocycles. The predicted molar refractivity (Wildman–Crippen MR) is 86.7 cm³/mol. The standard InChI is InChI=1S/C17H27N3O3/c1-11(2)8-18-16(21)15-7-14(23-19-15)10-20(9-12(3)4)17(22)13-5-6-13/h7,11-13H,5-6,8-10H2,1-4H3,(H,18,21). The summed E-state index contributed by atoms with van der Waals surface area (Å²) >= 11 is 0. The zero-order valence-electron chi connectivity index (χ0n) is 14.5. The molecule has 1 heterocycles. The molecule has 1 aliphatic carbocycles. The van der Waals surface area contributed by atoms with Crippen LogP contribution in [0.5, 0.6) is 0 Å². The van der Waals surface area contributed by atoms with Crippen molar-refractivity contribution in [2.45, 2.75) is 47.1 Å². The highest BCUT2D eigenvalue weighted by Gasteiger charge is 2.34. The number of aromatic nitrogens is 1. The lowest BCUT2D eigenvalue weighted by atomic mass is 10.2. The molecule has 6 nitrogen and oxygen atoms in total. The number of carbonyl (C=O) groups is 2. The minimum Gasteiger partial charge on any atom is -0.359 e. The fourth-order valence-electron chi connectivity index (χ4n) is 2.33. The monoisotopic (exact) mass is 321 g/mol. The first-order chi connectivity index (χ1) is 10.9. The Morgan fingerprint density at radius 3 is 2.57 bits per heavy atom. The van der Waals surface area contributed by atoms with E-state index >= 15 is 0 Å². The van der Waals surface area contributed by atoms with Crippen LogP contribution in [0.4, 0.5) is 0 Å². The molecule has 0 aromatic carbocycles. The molecule has 23 heavy (non-hydrogen) atoms. The van der Waals surface area contributed by atoms with Crippen LogP contribution >= 0.6 is 0 Å². The summed E-state index contributed by atoms with van der Waals surface area (Å²) in [5, 5.41) is 6.63. The van der Waals surface area contributed by atoms with Gasteiger partial charge in [-0.2, -0.15) is 0 Å². The Morgan fingerprint density at radius 1 is 1.30 bits per heavy atom. The highest BCUT2D eigenvalue weighted by Crippen LogP contribution is 2.31. The van der Waals surface area contributed by atoms with Crippen molar-refractivity contribution >= 4 is 11.8 Å². The molecule has 1 saturated carbocycles. The number of hydrogen-bond donors (Lipinski definition) is 1. The van der Waals surface area contributed by atoms with Gasteiger partial charge in [-0.15, -0.1) is 0 Å². The van der Waals surface area contributed by atoms with Gasteiger partial charge >= 0.3 is 0 Å². The largest absolute Gasteiger partial charge is 0.359 e. The number of amides is 2. The molecule has 0 atom stereocenters. The molecule has 0 aliphatic heterocycles. The van der Waals surface area contributed by atoms with E-state index in [-0.39, 0.29) is 23.4 Å². The van der Waals surface area contributed by atoms with Crippen LogP contribution in [0.3, 0.4) is 0 Å². The van der Waals surface area contributed by atoms with E-state index in [1.54, 1.807) is 6.07 Å². The maximum absolute atomic E-state index is 12.3. The van der Waals surface area contributed by atoms with Crippen molar-refractivity contribution in [3.8, 4) is 0 Å². The fraction of sp³-hybridized carbons (Fsp3) is 0.706. The first-order valence-corrected chi connectivity index (χ1v) is 8.39. The number of rotatable bonds is 8. The fourth-order valence-corrected chi connectivity index (χ4v) is 2.33. The van der Waals surface area contributed by atoms with Crippen molar-refractivity contribution in [1.29, 1.82) is 0 Å². The minimum atomic E-state index is -0.238. The summed E-state index contributed by atoms with van der Waals surface area (Å²) in [6.45, 7) is 9.88. The first kappa shape index (κ1) is 17.5. The third kappa shape index (κ3) is 5.37. The van der Waals surface area contributed by atoms with E-state index in [1.807, 2.05) is 18.7 Å². The van der Waals surface area contributed by atoms with Gasteiger partial charge < -0.3 is 14.7 Å². The van der Waals surface area contributed by atoms with Gasteiger partial charge in [0.15, 0.2) is 11.5 Å². The molecule has 1 aromatic rings. The zero-order valence-corrected chi connectivity index (χ0v) is 14.5. The van der Waals surface area contributed by atoms with Crippen molar-refractivity contribution < 1.29 is 14.1 Å². The number of nitrogens with zero attached hydrogens (tertiary/aromatic N) is 2. The molecule has 0 bridgehead atoms. The SMILES string of the molecule is CC(C)CNC(=O)c1cc(CN(CC(C)C)C(=O)C2CC2)on1. The highest BCUT2D eigenvalue weighted by atomic mass is 16.5. The third-order valence-corrected chi connectivity index (χ3v) is 3.63. The van der Waals surface area contributed by atoms with E-state index in [0.717, 1.165) is 12.8 Å². The lowest BCUT2D eigenvalue weighted by Crippen LogP contribution is -2.34. The van der Waals surface area contributed by atoms with Gasteiger partial charge in [0, 0.05) is 25.1 Å². The van der Waals surface area contributed by atoms with Crippen molar-refractivity contribution in [1.82, 2.24) is 15.4 Å². The predicted octanol–water partition coefficient (Wildman–Crippen LogP) is 2.46. The van der Waals surface area contributed by atoms with Crippen LogP contribution in [0.15, 0.2) is 10.6 Å². The number of carbonyl (C=O) groups excluding carboxylic acids is 2. The Balaban J connectivity index is 1.97. The Kier molecular flexibility index (Phi) is 5.80. The summed E-state index contributed by atoms with van der Waals surface area (Å²) in [5.41, 5.74) is 0.268. The Labute approximate surface area is 137 Å². The van der Waals surface area contributed by atoms with E-state index in [9.17, 15) is 9.59 Å². The normalized spacial score (nSPS) is 14.3. The van der Waals surface area contributed by atoms with Crippen LogP contribution in [0.1, 0.15) is 56.8 Å². The molecule has 1 fully saturated rings. The molecular formula is C17H27N3O3. The van der Waals surface area contributed by atoms with Gasteiger partial charge in [-0.1, -0.05) is 32.9 Å². The minimum absolute atomic E-state index is 0.172. The van der Waals surface area contributed by atoms with Crippen LogP contribution in [0.2, 0.25) is 0 Å². The van der Waals surface area contributed by atoms with E-state index in [1.165, 1.54) is 0 Å². The summed E-state index contributed by atoms with van der Waals surface area (Å²) in [7, 11) is 0. The third-order valence-electron chi connectivity index (χ3n) is 3.63.